The molecule has 0 aliphatic carbocycles. The lowest BCUT2D eigenvalue weighted by Gasteiger charge is -2.12. The van der Waals surface area contributed by atoms with E-state index in [2.05, 4.69) is 0 Å². The predicted molar refractivity (Wildman–Crippen MR) is 72.6 cm³/mol. The number of hydrogen-bond acceptors (Lipinski definition) is 6. The number of hydrogen-bond donors (Lipinski definition) is 0. The average molecular weight is 297 g/mol. The highest BCUT2D eigenvalue weighted by atomic mass is 32.2. The van der Waals surface area contributed by atoms with E-state index < -0.39 is 27.3 Å². The van der Waals surface area contributed by atoms with Crippen LogP contribution in [0.25, 0.3) is 0 Å². The molecule has 0 heterocycles. The Bertz CT molecular complexity index is 645. The second-order valence-electron chi connectivity index (χ2n) is 4.21. The molecule has 0 aliphatic rings. The van der Waals surface area contributed by atoms with E-state index in [1.54, 1.807) is 6.07 Å². The summed E-state index contributed by atoms with van der Waals surface area (Å²) in [5, 5.41) is 9.10. The molecule has 0 aliphatic heterocycles. The molecule has 0 aromatic heterocycles. The molecule has 0 saturated heterocycles. The van der Waals surface area contributed by atoms with Gasteiger partial charge in [-0.1, -0.05) is 6.07 Å². The van der Waals surface area contributed by atoms with Crippen LogP contribution in [0.2, 0.25) is 0 Å². The van der Waals surface area contributed by atoms with Crippen LogP contribution < -0.4 is 9.47 Å². The van der Waals surface area contributed by atoms with Crippen LogP contribution in [0.15, 0.2) is 18.2 Å². The van der Waals surface area contributed by atoms with E-state index in [-0.39, 0.29) is 0 Å². The molecule has 0 saturated carbocycles. The maximum absolute atomic E-state index is 11.9. The van der Waals surface area contributed by atoms with E-state index in [0.717, 1.165) is 6.26 Å². The zero-order valence-corrected chi connectivity index (χ0v) is 12.2. The number of benzene rings is 1. The zero-order valence-electron chi connectivity index (χ0n) is 11.4. The van der Waals surface area contributed by atoms with Crippen molar-refractivity contribution in [2.24, 2.45) is 0 Å². The Hall–Kier alpha value is -2.07. The van der Waals surface area contributed by atoms with E-state index in [1.165, 1.54) is 26.4 Å². The SMILES string of the molecule is COc1ccc(C(C#N)C(=O)CS(C)(=O)=O)cc1OC. The van der Waals surface area contributed by atoms with Crippen LogP contribution in [0.3, 0.4) is 0 Å². The minimum atomic E-state index is -3.47. The Kier molecular flexibility index (Phi) is 5.11. The van der Waals surface area contributed by atoms with Gasteiger partial charge in [-0.3, -0.25) is 4.79 Å². The Morgan fingerprint density at radius 3 is 2.35 bits per heavy atom. The maximum atomic E-state index is 11.9. The van der Waals surface area contributed by atoms with Crippen molar-refractivity contribution in [3.8, 4) is 17.6 Å². The molecule has 0 spiro atoms. The van der Waals surface area contributed by atoms with Gasteiger partial charge in [-0.15, -0.1) is 0 Å². The van der Waals surface area contributed by atoms with Crippen molar-refractivity contribution in [3.05, 3.63) is 23.8 Å². The van der Waals surface area contributed by atoms with Crippen molar-refractivity contribution in [2.75, 3.05) is 26.2 Å². The van der Waals surface area contributed by atoms with Gasteiger partial charge in [-0.05, 0) is 17.7 Å². The number of sulfone groups is 1. The number of rotatable bonds is 6. The van der Waals surface area contributed by atoms with Gasteiger partial charge in [0.2, 0.25) is 0 Å². The number of nitriles is 1. The van der Waals surface area contributed by atoms with Crippen LogP contribution in [0, 0.1) is 11.3 Å². The summed E-state index contributed by atoms with van der Waals surface area (Å²) in [6, 6.07) is 6.41. The summed E-state index contributed by atoms with van der Waals surface area (Å²) in [6.45, 7) is 0. The summed E-state index contributed by atoms with van der Waals surface area (Å²) in [6.07, 6.45) is 0.952. The van der Waals surface area contributed by atoms with Crippen molar-refractivity contribution in [1.29, 1.82) is 5.26 Å². The molecule has 6 nitrogen and oxygen atoms in total. The first-order chi connectivity index (χ1) is 9.32. The Balaban J connectivity index is 3.14. The van der Waals surface area contributed by atoms with Crippen molar-refractivity contribution >= 4 is 15.6 Å². The smallest absolute Gasteiger partial charge is 0.169 e. The number of nitrogens with zero attached hydrogens (tertiary/aromatic N) is 1. The first-order valence-corrected chi connectivity index (χ1v) is 7.70. The quantitative estimate of drug-likeness (QED) is 0.775. The molecule has 0 bridgehead atoms. The molecule has 0 N–H and O–H groups in total. The molecule has 1 unspecified atom stereocenters. The van der Waals surface area contributed by atoms with Gasteiger partial charge in [0.1, 0.15) is 11.7 Å². The molecule has 1 rings (SSSR count). The number of carbonyl (C=O) groups excluding carboxylic acids is 1. The molecule has 1 aromatic rings. The summed E-state index contributed by atoms with van der Waals surface area (Å²) in [5.41, 5.74) is 0.374. The zero-order chi connectivity index (χ0) is 15.3. The summed E-state index contributed by atoms with van der Waals surface area (Å²) >= 11 is 0. The Morgan fingerprint density at radius 1 is 1.30 bits per heavy atom. The summed E-state index contributed by atoms with van der Waals surface area (Å²) < 4.78 is 32.4. The largest absolute Gasteiger partial charge is 0.493 e. The van der Waals surface area contributed by atoms with Gasteiger partial charge in [0.05, 0.1) is 20.3 Å². The second kappa shape index (κ2) is 6.39. The van der Waals surface area contributed by atoms with Crippen molar-refractivity contribution in [3.63, 3.8) is 0 Å². The molecule has 0 radical (unpaired) electrons. The highest BCUT2D eigenvalue weighted by Crippen LogP contribution is 2.30. The minimum Gasteiger partial charge on any atom is -0.493 e. The van der Waals surface area contributed by atoms with Gasteiger partial charge in [-0.2, -0.15) is 5.26 Å². The van der Waals surface area contributed by atoms with E-state index >= 15 is 0 Å². The topological polar surface area (TPSA) is 93.5 Å². The monoisotopic (exact) mass is 297 g/mol. The first kappa shape index (κ1) is 16.0. The van der Waals surface area contributed by atoms with Crippen LogP contribution in [-0.4, -0.2) is 40.4 Å². The standard InChI is InChI=1S/C13H15NO5S/c1-18-12-5-4-9(6-13(12)19-2)10(7-14)11(15)8-20(3,16)17/h4-6,10H,8H2,1-3H3. The van der Waals surface area contributed by atoms with E-state index in [1.807, 2.05) is 6.07 Å². The highest BCUT2D eigenvalue weighted by molar-refractivity contribution is 7.91. The van der Waals surface area contributed by atoms with Gasteiger partial charge in [0.25, 0.3) is 0 Å². The van der Waals surface area contributed by atoms with Crippen LogP contribution in [0.5, 0.6) is 11.5 Å². The Labute approximate surface area is 117 Å². The van der Waals surface area contributed by atoms with Crippen LogP contribution >= 0.6 is 0 Å². The molecular formula is C13H15NO5S. The third-order valence-corrected chi connectivity index (χ3v) is 3.41. The fourth-order valence-electron chi connectivity index (χ4n) is 1.71. The maximum Gasteiger partial charge on any atom is 0.169 e. The van der Waals surface area contributed by atoms with E-state index in [4.69, 9.17) is 14.7 Å². The van der Waals surface area contributed by atoms with E-state index in [9.17, 15) is 13.2 Å². The lowest BCUT2D eigenvalue weighted by molar-refractivity contribution is -0.116. The molecule has 0 amide bonds. The van der Waals surface area contributed by atoms with Crippen LogP contribution in [0.4, 0.5) is 0 Å². The molecule has 7 heteroatoms. The lowest BCUT2D eigenvalue weighted by atomic mass is 9.96. The fourth-order valence-corrected chi connectivity index (χ4v) is 2.39. The van der Waals surface area contributed by atoms with Crippen molar-refractivity contribution in [1.82, 2.24) is 0 Å². The summed E-state index contributed by atoms with van der Waals surface area (Å²) in [5.74, 6) is -1.65. The van der Waals surface area contributed by atoms with Crippen LogP contribution in [-0.2, 0) is 14.6 Å². The number of methoxy groups -OCH3 is 2. The number of Topliss-reactive ketones (excluding diaryl/α,β-unsaturated/α-hetero) is 1. The molecule has 20 heavy (non-hydrogen) atoms. The first-order valence-electron chi connectivity index (χ1n) is 5.64. The van der Waals surface area contributed by atoms with Gasteiger partial charge in [0.15, 0.2) is 27.1 Å². The summed E-state index contributed by atoms with van der Waals surface area (Å²) in [7, 11) is -0.573. The minimum absolute atomic E-state index is 0.373. The number of carbonyl (C=O) groups is 1. The highest BCUT2D eigenvalue weighted by Gasteiger charge is 2.24. The molecule has 1 aromatic carbocycles. The third-order valence-electron chi connectivity index (χ3n) is 2.60. The normalized spacial score (nSPS) is 12.3. The van der Waals surface area contributed by atoms with E-state index in [0.29, 0.717) is 17.1 Å². The van der Waals surface area contributed by atoms with Gasteiger partial charge < -0.3 is 9.47 Å². The van der Waals surface area contributed by atoms with Crippen LogP contribution in [0.1, 0.15) is 11.5 Å². The molecule has 1 atom stereocenters. The summed E-state index contributed by atoms with van der Waals surface area (Å²) in [4.78, 5) is 11.9. The molecule has 0 fully saturated rings. The molecule has 108 valence electrons. The van der Waals surface area contributed by atoms with Crippen molar-refractivity contribution in [2.45, 2.75) is 5.92 Å². The van der Waals surface area contributed by atoms with Crippen molar-refractivity contribution < 1.29 is 22.7 Å². The fraction of sp³-hybridized carbons (Fsp3) is 0.385. The Morgan fingerprint density at radius 2 is 1.90 bits per heavy atom. The second-order valence-corrected chi connectivity index (χ2v) is 6.35. The van der Waals surface area contributed by atoms with Gasteiger partial charge >= 0.3 is 0 Å². The number of ether oxygens (including phenoxy) is 2. The number of ketones is 1. The van der Waals surface area contributed by atoms with Gasteiger partial charge in [0, 0.05) is 6.26 Å². The predicted octanol–water partition coefficient (Wildman–Crippen LogP) is 0.925. The van der Waals surface area contributed by atoms with Gasteiger partial charge in [-0.25, -0.2) is 8.42 Å². The third kappa shape index (κ3) is 3.96. The lowest BCUT2D eigenvalue weighted by Crippen LogP contribution is -2.20. The molecular weight excluding hydrogens is 282 g/mol. The average Bonchev–Trinajstić information content (AvgIpc) is 2.37.